The highest BCUT2D eigenvalue weighted by molar-refractivity contribution is 7.13. The summed E-state index contributed by atoms with van der Waals surface area (Å²) in [5.41, 5.74) is 3.28. The molecule has 162 valence electrons. The van der Waals surface area contributed by atoms with Crippen molar-refractivity contribution < 1.29 is 4.79 Å². The number of nitrogens with one attached hydrogen (secondary N) is 1. The maximum Gasteiger partial charge on any atom is 0.258 e. The molecule has 0 spiro atoms. The van der Waals surface area contributed by atoms with E-state index in [0.29, 0.717) is 5.56 Å². The lowest BCUT2D eigenvalue weighted by Crippen LogP contribution is -2.44. The summed E-state index contributed by atoms with van der Waals surface area (Å²) in [6, 6.07) is 9.49. The van der Waals surface area contributed by atoms with Crippen LogP contribution in [0.5, 0.6) is 0 Å². The van der Waals surface area contributed by atoms with E-state index in [2.05, 4.69) is 42.1 Å². The molecular weight excluding hydrogens is 422 g/mol. The van der Waals surface area contributed by atoms with Gasteiger partial charge >= 0.3 is 0 Å². The minimum atomic E-state index is -0.256. The molecule has 0 aliphatic carbocycles. The summed E-state index contributed by atoms with van der Waals surface area (Å²) in [5, 5.41) is 6.70. The third kappa shape index (κ3) is 4.30. The summed E-state index contributed by atoms with van der Waals surface area (Å²) in [6.07, 6.45) is 3.39. The standard InChI is InChI=1S/C23H23N7OS/c1-15-14-32-22(26-15)17-3-4-18-13-25-23(27-19(18)11-17)28-21(31)16-5-6-24-20(12-16)30-9-7-29(2)8-10-30/h3-6,11-14H,7-10H2,1-2H3,(H,25,27,28,31). The molecule has 4 aromatic rings. The van der Waals surface area contributed by atoms with E-state index in [1.165, 1.54) is 0 Å². The van der Waals surface area contributed by atoms with Crippen molar-refractivity contribution in [1.29, 1.82) is 0 Å². The van der Waals surface area contributed by atoms with Crippen LogP contribution in [-0.2, 0) is 0 Å². The lowest BCUT2D eigenvalue weighted by atomic mass is 10.1. The number of thiazole rings is 1. The number of aryl methyl sites for hydroxylation is 1. The Morgan fingerprint density at radius 2 is 1.91 bits per heavy atom. The van der Waals surface area contributed by atoms with Crippen LogP contribution >= 0.6 is 11.3 Å². The van der Waals surface area contributed by atoms with Gasteiger partial charge < -0.3 is 9.80 Å². The number of aromatic nitrogens is 4. The number of piperazine rings is 1. The molecule has 0 unspecified atom stereocenters. The summed E-state index contributed by atoms with van der Waals surface area (Å²) in [4.78, 5) is 35.2. The summed E-state index contributed by atoms with van der Waals surface area (Å²) in [5.74, 6) is 0.829. The van der Waals surface area contributed by atoms with Crippen LogP contribution in [0, 0.1) is 6.92 Å². The normalized spacial score (nSPS) is 14.6. The van der Waals surface area contributed by atoms with Crippen LogP contribution in [0.15, 0.2) is 48.1 Å². The van der Waals surface area contributed by atoms with Crippen molar-refractivity contribution in [1.82, 2.24) is 24.8 Å². The second kappa shape index (κ2) is 8.60. The van der Waals surface area contributed by atoms with Crippen molar-refractivity contribution in [2.45, 2.75) is 6.92 Å². The lowest BCUT2D eigenvalue weighted by Gasteiger charge is -2.33. The van der Waals surface area contributed by atoms with Gasteiger partial charge in [-0.05, 0) is 32.2 Å². The first-order valence-corrected chi connectivity index (χ1v) is 11.3. The van der Waals surface area contributed by atoms with Gasteiger partial charge in [-0.3, -0.25) is 10.1 Å². The number of carbonyl (C=O) groups excluding carboxylic acids is 1. The van der Waals surface area contributed by atoms with Gasteiger partial charge in [0.2, 0.25) is 5.95 Å². The molecule has 1 aliphatic rings. The zero-order valence-corrected chi connectivity index (χ0v) is 18.8. The van der Waals surface area contributed by atoms with E-state index in [-0.39, 0.29) is 11.9 Å². The van der Waals surface area contributed by atoms with Crippen LogP contribution in [0.4, 0.5) is 11.8 Å². The number of carbonyl (C=O) groups is 1. The second-order valence-electron chi connectivity index (χ2n) is 7.91. The van der Waals surface area contributed by atoms with E-state index < -0.39 is 0 Å². The smallest absolute Gasteiger partial charge is 0.258 e. The molecule has 1 aromatic carbocycles. The molecule has 1 saturated heterocycles. The Morgan fingerprint density at radius 1 is 1.06 bits per heavy atom. The third-order valence-corrected chi connectivity index (χ3v) is 6.52. The van der Waals surface area contributed by atoms with Gasteiger partial charge in [0.25, 0.3) is 5.91 Å². The molecule has 0 atom stereocenters. The number of pyridine rings is 1. The number of hydrogen-bond donors (Lipinski definition) is 1. The Hall–Kier alpha value is -3.43. The topological polar surface area (TPSA) is 87.1 Å². The molecule has 1 amide bonds. The third-order valence-electron chi connectivity index (χ3n) is 5.51. The van der Waals surface area contributed by atoms with Gasteiger partial charge in [0.1, 0.15) is 10.8 Å². The van der Waals surface area contributed by atoms with Crippen molar-refractivity contribution in [2.75, 3.05) is 43.4 Å². The molecule has 1 N–H and O–H groups in total. The summed E-state index contributed by atoms with van der Waals surface area (Å²) >= 11 is 1.60. The number of nitrogens with zero attached hydrogens (tertiary/aromatic N) is 6. The average Bonchev–Trinajstić information content (AvgIpc) is 3.25. The summed E-state index contributed by atoms with van der Waals surface area (Å²) in [6.45, 7) is 5.72. The predicted octanol–water partition coefficient (Wildman–Crippen LogP) is 3.46. The van der Waals surface area contributed by atoms with Crippen LogP contribution in [0.2, 0.25) is 0 Å². The van der Waals surface area contributed by atoms with Crippen molar-refractivity contribution in [2.24, 2.45) is 0 Å². The monoisotopic (exact) mass is 445 g/mol. The van der Waals surface area contributed by atoms with Gasteiger partial charge in [0.05, 0.1) is 5.52 Å². The van der Waals surface area contributed by atoms with Gasteiger partial charge in [0, 0.05) is 66.2 Å². The number of likely N-dealkylation sites (N-methyl/N-ethyl adjacent to an activating group) is 1. The van der Waals surface area contributed by atoms with Crippen LogP contribution in [0.1, 0.15) is 16.1 Å². The van der Waals surface area contributed by atoms with Gasteiger partial charge in [-0.2, -0.15) is 0 Å². The number of hydrogen-bond acceptors (Lipinski definition) is 8. The minimum absolute atomic E-state index is 0.256. The Morgan fingerprint density at radius 3 is 2.69 bits per heavy atom. The van der Waals surface area contributed by atoms with Crippen LogP contribution < -0.4 is 10.2 Å². The fourth-order valence-corrected chi connectivity index (χ4v) is 4.44. The van der Waals surface area contributed by atoms with Crippen LogP contribution in [0.3, 0.4) is 0 Å². The molecule has 3 aromatic heterocycles. The number of anilines is 2. The van der Waals surface area contributed by atoms with Crippen LogP contribution in [-0.4, -0.2) is 64.0 Å². The fourth-order valence-electron chi connectivity index (χ4n) is 3.64. The maximum absolute atomic E-state index is 12.9. The van der Waals surface area contributed by atoms with E-state index in [4.69, 9.17) is 0 Å². The quantitative estimate of drug-likeness (QED) is 0.515. The SMILES string of the molecule is Cc1csc(-c2ccc3cnc(NC(=O)c4ccnc(N5CCN(C)CC5)c4)nc3c2)n1. The number of benzene rings is 1. The van der Waals surface area contributed by atoms with Crippen molar-refractivity contribution in [3.63, 3.8) is 0 Å². The molecule has 5 rings (SSSR count). The zero-order chi connectivity index (χ0) is 22.1. The molecule has 0 saturated carbocycles. The number of rotatable bonds is 4. The predicted molar refractivity (Wildman–Crippen MR) is 127 cm³/mol. The molecule has 8 nitrogen and oxygen atoms in total. The molecule has 4 heterocycles. The molecule has 0 bridgehead atoms. The maximum atomic E-state index is 12.9. The number of amides is 1. The van der Waals surface area contributed by atoms with Gasteiger partial charge in [-0.25, -0.2) is 19.9 Å². The molecule has 0 radical (unpaired) electrons. The highest BCUT2D eigenvalue weighted by atomic mass is 32.1. The molecule has 32 heavy (non-hydrogen) atoms. The van der Waals surface area contributed by atoms with E-state index in [9.17, 15) is 4.79 Å². The molecule has 1 aliphatic heterocycles. The van der Waals surface area contributed by atoms with Gasteiger partial charge in [-0.1, -0.05) is 12.1 Å². The molecule has 9 heteroatoms. The second-order valence-corrected chi connectivity index (χ2v) is 8.77. The van der Waals surface area contributed by atoms with Crippen LogP contribution in [0.25, 0.3) is 21.5 Å². The largest absolute Gasteiger partial charge is 0.354 e. The average molecular weight is 446 g/mol. The van der Waals surface area contributed by atoms with E-state index >= 15 is 0 Å². The van der Waals surface area contributed by atoms with E-state index in [1.54, 1.807) is 29.8 Å². The Bertz CT molecular complexity index is 1280. The van der Waals surface area contributed by atoms with E-state index in [1.807, 2.05) is 36.6 Å². The first-order valence-electron chi connectivity index (χ1n) is 10.5. The highest BCUT2D eigenvalue weighted by Crippen LogP contribution is 2.26. The lowest BCUT2D eigenvalue weighted by molar-refractivity contribution is 0.102. The van der Waals surface area contributed by atoms with Crippen molar-refractivity contribution >= 4 is 39.9 Å². The first kappa shape index (κ1) is 20.5. The minimum Gasteiger partial charge on any atom is -0.354 e. The van der Waals surface area contributed by atoms with Gasteiger partial charge in [-0.15, -0.1) is 11.3 Å². The van der Waals surface area contributed by atoms with E-state index in [0.717, 1.165) is 59.2 Å². The molecular formula is C23H23N7OS. The molecule has 1 fully saturated rings. The summed E-state index contributed by atoms with van der Waals surface area (Å²) < 4.78 is 0. The van der Waals surface area contributed by atoms with Crippen molar-refractivity contribution in [3.05, 3.63) is 59.4 Å². The zero-order valence-electron chi connectivity index (χ0n) is 17.9. The summed E-state index contributed by atoms with van der Waals surface area (Å²) in [7, 11) is 2.11. The van der Waals surface area contributed by atoms with Crippen molar-refractivity contribution in [3.8, 4) is 10.6 Å². The number of fused-ring (bicyclic) bond motifs is 1. The highest BCUT2D eigenvalue weighted by Gasteiger charge is 2.17. The Balaban J connectivity index is 1.36. The fraction of sp³-hybridized carbons (Fsp3) is 0.261. The van der Waals surface area contributed by atoms with Gasteiger partial charge in [0.15, 0.2) is 0 Å². The Labute approximate surface area is 190 Å². The Kier molecular flexibility index (Phi) is 5.50. The first-order chi connectivity index (χ1) is 15.5.